The van der Waals surface area contributed by atoms with E-state index in [2.05, 4.69) is 15.6 Å². The molecule has 0 bridgehead atoms. The number of benzene rings is 1. The number of rotatable bonds is 7. The van der Waals surface area contributed by atoms with Crippen LogP contribution < -0.4 is 14.9 Å². The van der Waals surface area contributed by atoms with Gasteiger partial charge in [0, 0.05) is 5.69 Å². The van der Waals surface area contributed by atoms with Gasteiger partial charge in [0.25, 0.3) is 5.91 Å². The van der Waals surface area contributed by atoms with E-state index < -0.39 is 5.97 Å². The monoisotopic (exact) mass is 412 g/mol. The van der Waals surface area contributed by atoms with Crippen LogP contribution in [0.3, 0.4) is 0 Å². The molecule has 0 saturated carbocycles. The van der Waals surface area contributed by atoms with Crippen LogP contribution in [0, 0.1) is 13.8 Å². The summed E-state index contributed by atoms with van der Waals surface area (Å²) in [5.41, 5.74) is 4.89. The van der Waals surface area contributed by atoms with Crippen LogP contribution in [0.1, 0.15) is 26.6 Å². The van der Waals surface area contributed by atoms with Crippen molar-refractivity contribution in [2.24, 2.45) is 5.10 Å². The molecule has 3 aromatic rings. The minimum atomic E-state index is -0.448. The SMILES string of the molecule is COc1cc(C=NNC(=O)Cn2nc(C)cc2C)ccc1OC(=O)c1cccs1. The molecule has 0 atom stereocenters. The van der Waals surface area contributed by atoms with E-state index in [1.807, 2.05) is 19.9 Å². The highest BCUT2D eigenvalue weighted by atomic mass is 32.1. The van der Waals surface area contributed by atoms with Gasteiger partial charge >= 0.3 is 5.97 Å². The number of aryl methyl sites for hydroxylation is 2. The molecule has 2 heterocycles. The molecule has 9 heteroatoms. The number of thiophene rings is 1. The summed E-state index contributed by atoms with van der Waals surface area (Å²) in [6.45, 7) is 3.84. The molecule has 0 fully saturated rings. The summed E-state index contributed by atoms with van der Waals surface area (Å²) in [6.07, 6.45) is 1.48. The van der Waals surface area contributed by atoms with Gasteiger partial charge in [0.05, 0.1) is 19.0 Å². The predicted molar refractivity (Wildman–Crippen MR) is 110 cm³/mol. The van der Waals surface area contributed by atoms with Crippen molar-refractivity contribution in [3.05, 3.63) is 63.6 Å². The number of ether oxygens (including phenoxy) is 2. The predicted octanol–water partition coefficient (Wildman–Crippen LogP) is 2.94. The minimum absolute atomic E-state index is 0.0813. The van der Waals surface area contributed by atoms with Gasteiger partial charge in [0.1, 0.15) is 11.4 Å². The summed E-state index contributed by atoms with van der Waals surface area (Å²) < 4.78 is 12.3. The van der Waals surface area contributed by atoms with E-state index in [1.165, 1.54) is 24.7 Å². The van der Waals surface area contributed by atoms with Crippen LogP contribution in [0.15, 0.2) is 46.9 Å². The zero-order valence-electron chi connectivity index (χ0n) is 16.2. The molecule has 0 unspecified atom stereocenters. The zero-order valence-corrected chi connectivity index (χ0v) is 17.0. The number of aromatic nitrogens is 2. The van der Waals surface area contributed by atoms with Crippen LogP contribution in [-0.2, 0) is 11.3 Å². The fourth-order valence-electron chi connectivity index (χ4n) is 2.58. The van der Waals surface area contributed by atoms with E-state index >= 15 is 0 Å². The zero-order chi connectivity index (χ0) is 20.8. The lowest BCUT2D eigenvalue weighted by Crippen LogP contribution is -2.24. The molecule has 0 aliphatic carbocycles. The Kier molecular flexibility index (Phi) is 6.40. The van der Waals surface area contributed by atoms with Crippen molar-refractivity contribution in [3.8, 4) is 11.5 Å². The van der Waals surface area contributed by atoms with Crippen molar-refractivity contribution in [3.63, 3.8) is 0 Å². The van der Waals surface area contributed by atoms with Crippen molar-refractivity contribution < 1.29 is 19.1 Å². The molecule has 150 valence electrons. The normalized spacial score (nSPS) is 10.9. The Hall–Kier alpha value is -3.46. The number of carbonyl (C=O) groups excluding carboxylic acids is 2. The van der Waals surface area contributed by atoms with E-state index in [0.717, 1.165) is 11.4 Å². The van der Waals surface area contributed by atoms with Crippen molar-refractivity contribution in [2.75, 3.05) is 7.11 Å². The molecule has 1 N–H and O–H groups in total. The summed E-state index contributed by atoms with van der Waals surface area (Å²) >= 11 is 1.30. The van der Waals surface area contributed by atoms with Crippen molar-refractivity contribution in [1.82, 2.24) is 15.2 Å². The molecule has 2 aromatic heterocycles. The van der Waals surface area contributed by atoms with Gasteiger partial charge < -0.3 is 9.47 Å². The Morgan fingerprint density at radius 1 is 1.24 bits per heavy atom. The Morgan fingerprint density at radius 2 is 2.07 bits per heavy atom. The third kappa shape index (κ3) is 5.29. The molecule has 3 rings (SSSR count). The Bertz CT molecular complexity index is 1040. The van der Waals surface area contributed by atoms with Crippen LogP contribution in [0.2, 0.25) is 0 Å². The van der Waals surface area contributed by atoms with Crippen LogP contribution in [0.4, 0.5) is 0 Å². The second-order valence-corrected chi connectivity index (χ2v) is 7.10. The highest BCUT2D eigenvalue weighted by Gasteiger charge is 2.13. The molecule has 0 aliphatic rings. The van der Waals surface area contributed by atoms with E-state index in [-0.39, 0.29) is 12.5 Å². The molecule has 1 amide bonds. The van der Waals surface area contributed by atoms with E-state index in [0.29, 0.717) is 21.9 Å². The number of hydrogen-bond acceptors (Lipinski definition) is 7. The highest BCUT2D eigenvalue weighted by molar-refractivity contribution is 7.12. The van der Waals surface area contributed by atoms with Gasteiger partial charge in [0.2, 0.25) is 0 Å². The summed E-state index contributed by atoms with van der Waals surface area (Å²) in [7, 11) is 1.48. The first kappa shape index (κ1) is 20.3. The molecule has 0 spiro atoms. The van der Waals surface area contributed by atoms with Crippen LogP contribution >= 0.6 is 11.3 Å². The van der Waals surface area contributed by atoms with E-state index in [9.17, 15) is 9.59 Å². The number of nitrogens with one attached hydrogen (secondary N) is 1. The van der Waals surface area contributed by atoms with Gasteiger partial charge in [-0.3, -0.25) is 9.48 Å². The maximum Gasteiger partial charge on any atom is 0.353 e. The first-order valence-corrected chi connectivity index (χ1v) is 9.61. The van der Waals surface area contributed by atoms with Gasteiger partial charge in [-0.25, -0.2) is 10.2 Å². The number of hydrogen-bond donors (Lipinski definition) is 1. The van der Waals surface area contributed by atoms with Crippen LogP contribution in [0.5, 0.6) is 11.5 Å². The number of hydrazone groups is 1. The first-order chi connectivity index (χ1) is 14.0. The first-order valence-electron chi connectivity index (χ1n) is 8.73. The number of esters is 1. The third-order valence-corrected chi connectivity index (χ3v) is 4.76. The lowest BCUT2D eigenvalue weighted by molar-refractivity contribution is -0.121. The molecule has 0 aliphatic heterocycles. The van der Waals surface area contributed by atoms with E-state index in [1.54, 1.807) is 40.4 Å². The fourth-order valence-corrected chi connectivity index (χ4v) is 3.18. The second kappa shape index (κ2) is 9.16. The second-order valence-electron chi connectivity index (χ2n) is 6.16. The molecule has 29 heavy (non-hydrogen) atoms. The molecular weight excluding hydrogens is 392 g/mol. The van der Waals surface area contributed by atoms with Crippen LogP contribution in [0.25, 0.3) is 0 Å². The average molecular weight is 412 g/mol. The molecule has 0 radical (unpaired) electrons. The Balaban J connectivity index is 1.61. The Morgan fingerprint density at radius 3 is 2.72 bits per heavy atom. The van der Waals surface area contributed by atoms with Gasteiger partial charge in [-0.15, -0.1) is 11.3 Å². The topological polar surface area (TPSA) is 94.8 Å². The standard InChI is InChI=1S/C20H20N4O4S/c1-13-9-14(2)24(23-13)12-19(25)22-21-11-15-6-7-16(17(10-15)27-3)28-20(26)18-5-4-8-29-18/h4-11H,12H2,1-3H3,(H,22,25). The number of nitrogens with zero attached hydrogens (tertiary/aromatic N) is 3. The summed E-state index contributed by atoms with van der Waals surface area (Å²) in [6, 6.07) is 10.3. The minimum Gasteiger partial charge on any atom is -0.493 e. The van der Waals surface area contributed by atoms with E-state index in [4.69, 9.17) is 9.47 Å². The van der Waals surface area contributed by atoms with Crippen molar-refractivity contribution in [1.29, 1.82) is 0 Å². The number of methoxy groups -OCH3 is 1. The number of amides is 1. The highest BCUT2D eigenvalue weighted by Crippen LogP contribution is 2.28. The largest absolute Gasteiger partial charge is 0.493 e. The smallest absolute Gasteiger partial charge is 0.353 e. The number of carbonyl (C=O) groups is 2. The summed E-state index contributed by atoms with van der Waals surface area (Å²) in [4.78, 5) is 24.6. The van der Waals surface area contributed by atoms with Crippen LogP contribution in [-0.4, -0.2) is 35.0 Å². The Labute approximate surface area is 171 Å². The van der Waals surface area contributed by atoms with Gasteiger partial charge in [-0.05, 0) is 55.1 Å². The van der Waals surface area contributed by atoms with Crippen molar-refractivity contribution >= 4 is 29.4 Å². The summed E-state index contributed by atoms with van der Waals surface area (Å²) in [5.74, 6) is -0.0542. The lowest BCUT2D eigenvalue weighted by atomic mass is 10.2. The van der Waals surface area contributed by atoms with Gasteiger partial charge in [0.15, 0.2) is 11.5 Å². The van der Waals surface area contributed by atoms with Gasteiger partial charge in [-0.2, -0.15) is 10.2 Å². The third-order valence-electron chi connectivity index (χ3n) is 3.91. The lowest BCUT2D eigenvalue weighted by Gasteiger charge is -2.09. The van der Waals surface area contributed by atoms with Gasteiger partial charge in [-0.1, -0.05) is 6.07 Å². The average Bonchev–Trinajstić information content (AvgIpc) is 3.33. The summed E-state index contributed by atoms with van der Waals surface area (Å²) in [5, 5.41) is 9.99. The fraction of sp³-hybridized carbons (Fsp3) is 0.200. The maximum absolute atomic E-state index is 12.1. The molecular formula is C20H20N4O4S. The van der Waals surface area contributed by atoms with Crippen molar-refractivity contribution in [2.45, 2.75) is 20.4 Å². The molecule has 1 aromatic carbocycles. The molecule has 0 saturated heterocycles. The molecule has 8 nitrogen and oxygen atoms in total. The quantitative estimate of drug-likeness (QED) is 0.279. The maximum atomic E-state index is 12.1.